The van der Waals surface area contributed by atoms with Crippen molar-refractivity contribution in [2.45, 2.75) is 58.0 Å². The number of hydrogen-bond donors (Lipinski definition) is 1. The van der Waals surface area contributed by atoms with E-state index in [0.717, 1.165) is 17.5 Å². The van der Waals surface area contributed by atoms with Crippen LogP contribution in [0.1, 0.15) is 44.1 Å². The Bertz CT molecular complexity index is 583. The number of ether oxygens (including phenoxy) is 1. The first-order valence-electron chi connectivity index (χ1n) is 7.36. The number of rotatable bonds is 4. The molecule has 0 radical (unpaired) electrons. The molecule has 1 amide bonds. The van der Waals surface area contributed by atoms with E-state index in [0.29, 0.717) is 6.61 Å². The average molecular weight is 398 g/mol. The minimum Gasteiger partial charge on any atom is -0.376 e. The summed E-state index contributed by atoms with van der Waals surface area (Å²) in [6.45, 7) is 5.50. The SMILES string of the molecule is Cc1c(Br)c(C(F)(F)F)nn1C(C)C(=O)NC(C)C1CCCO1. The van der Waals surface area contributed by atoms with Crippen molar-refractivity contribution < 1.29 is 22.7 Å². The summed E-state index contributed by atoms with van der Waals surface area (Å²) in [6, 6.07) is -1.06. The summed E-state index contributed by atoms with van der Waals surface area (Å²) >= 11 is 2.90. The smallest absolute Gasteiger partial charge is 0.376 e. The van der Waals surface area contributed by atoms with E-state index in [-0.39, 0.29) is 28.2 Å². The van der Waals surface area contributed by atoms with E-state index in [1.807, 2.05) is 6.92 Å². The zero-order valence-electron chi connectivity index (χ0n) is 13.1. The fourth-order valence-electron chi connectivity index (χ4n) is 2.60. The van der Waals surface area contributed by atoms with Crippen LogP contribution in [-0.2, 0) is 15.7 Å². The van der Waals surface area contributed by atoms with E-state index in [1.54, 1.807) is 0 Å². The second kappa shape index (κ2) is 6.80. The summed E-state index contributed by atoms with van der Waals surface area (Å²) in [5, 5.41) is 6.35. The van der Waals surface area contributed by atoms with Gasteiger partial charge in [0.1, 0.15) is 6.04 Å². The van der Waals surface area contributed by atoms with Gasteiger partial charge in [0.25, 0.3) is 0 Å². The van der Waals surface area contributed by atoms with Gasteiger partial charge in [0.05, 0.1) is 22.3 Å². The molecule has 23 heavy (non-hydrogen) atoms. The lowest BCUT2D eigenvalue weighted by molar-refractivity contribution is -0.142. The zero-order chi connectivity index (χ0) is 17.4. The van der Waals surface area contributed by atoms with Gasteiger partial charge < -0.3 is 10.1 Å². The third-order valence-corrected chi connectivity index (χ3v) is 4.93. The normalized spacial score (nSPS) is 21.3. The predicted molar refractivity (Wildman–Crippen MR) is 81.0 cm³/mol. The highest BCUT2D eigenvalue weighted by atomic mass is 79.9. The van der Waals surface area contributed by atoms with Crippen molar-refractivity contribution in [1.82, 2.24) is 15.1 Å². The largest absolute Gasteiger partial charge is 0.436 e. The minimum atomic E-state index is -4.57. The average Bonchev–Trinajstić information content (AvgIpc) is 3.07. The Morgan fingerprint density at radius 1 is 1.48 bits per heavy atom. The maximum Gasteiger partial charge on any atom is 0.436 e. The third-order valence-electron chi connectivity index (χ3n) is 3.98. The number of nitrogens with zero attached hydrogens (tertiary/aromatic N) is 2. The summed E-state index contributed by atoms with van der Waals surface area (Å²) < 4.78 is 45.1. The molecule has 3 unspecified atom stereocenters. The molecular weight excluding hydrogens is 379 g/mol. The molecule has 9 heteroatoms. The molecule has 0 spiro atoms. The summed E-state index contributed by atoms with van der Waals surface area (Å²) in [7, 11) is 0. The summed E-state index contributed by atoms with van der Waals surface area (Å²) in [6.07, 6.45) is -2.82. The Morgan fingerprint density at radius 3 is 2.61 bits per heavy atom. The van der Waals surface area contributed by atoms with E-state index in [9.17, 15) is 18.0 Å². The topological polar surface area (TPSA) is 56.2 Å². The Balaban J connectivity index is 2.13. The van der Waals surface area contributed by atoms with Gasteiger partial charge in [-0.05, 0) is 49.5 Å². The van der Waals surface area contributed by atoms with Gasteiger partial charge >= 0.3 is 6.18 Å². The van der Waals surface area contributed by atoms with Crippen LogP contribution in [0.25, 0.3) is 0 Å². The summed E-state index contributed by atoms with van der Waals surface area (Å²) in [4.78, 5) is 12.3. The van der Waals surface area contributed by atoms with Crippen LogP contribution in [0, 0.1) is 6.92 Å². The van der Waals surface area contributed by atoms with Crippen LogP contribution in [0.2, 0.25) is 0 Å². The van der Waals surface area contributed by atoms with Crippen LogP contribution in [0.3, 0.4) is 0 Å². The number of carbonyl (C=O) groups is 1. The van der Waals surface area contributed by atoms with Gasteiger partial charge in [0.2, 0.25) is 5.91 Å². The van der Waals surface area contributed by atoms with Crippen molar-refractivity contribution in [3.8, 4) is 0 Å². The Kier molecular flexibility index (Phi) is 5.40. The lowest BCUT2D eigenvalue weighted by atomic mass is 10.1. The lowest BCUT2D eigenvalue weighted by Crippen LogP contribution is -2.43. The van der Waals surface area contributed by atoms with E-state index in [4.69, 9.17) is 4.74 Å². The van der Waals surface area contributed by atoms with Gasteiger partial charge in [0.15, 0.2) is 5.69 Å². The number of aromatic nitrogens is 2. The lowest BCUT2D eigenvalue weighted by Gasteiger charge is -2.22. The molecule has 1 aromatic heterocycles. The fraction of sp³-hybridized carbons (Fsp3) is 0.714. The molecule has 0 bridgehead atoms. The van der Waals surface area contributed by atoms with Crippen molar-refractivity contribution in [1.29, 1.82) is 0 Å². The molecule has 0 aliphatic carbocycles. The second-order valence-corrected chi connectivity index (χ2v) is 6.51. The quantitative estimate of drug-likeness (QED) is 0.848. The molecule has 0 aromatic carbocycles. The van der Waals surface area contributed by atoms with Gasteiger partial charge in [0, 0.05) is 6.61 Å². The van der Waals surface area contributed by atoms with Crippen LogP contribution in [0.4, 0.5) is 13.2 Å². The molecule has 1 aliphatic heterocycles. The highest BCUT2D eigenvalue weighted by Gasteiger charge is 2.39. The highest BCUT2D eigenvalue weighted by molar-refractivity contribution is 9.10. The number of nitrogens with one attached hydrogen (secondary N) is 1. The molecule has 1 aromatic rings. The minimum absolute atomic E-state index is 0.0534. The maximum atomic E-state index is 12.9. The fourth-order valence-corrected chi connectivity index (χ4v) is 3.09. The first kappa shape index (κ1) is 18.3. The molecule has 0 saturated carbocycles. The molecule has 5 nitrogen and oxygen atoms in total. The van der Waals surface area contributed by atoms with E-state index < -0.39 is 17.9 Å². The van der Waals surface area contributed by atoms with Crippen LogP contribution in [-0.4, -0.2) is 34.4 Å². The van der Waals surface area contributed by atoms with Gasteiger partial charge in [-0.3, -0.25) is 9.48 Å². The van der Waals surface area contributed by atoms with Crippen molar-refractivity contribution in [2.75, 3.05) is 6.61 Å². The van der Waals surface area contributed by atoms with Crippen molar-refractivity contribution in [3.05, 3.63) is 15.9 Å². The second-order valence-electron chi connectivity index (χ2n) is 5.72. The van der Waals surface area contributed by atoms with Crippen LogP contribution >= 0.6 is 15.9 Å². The Hall–Kier alpha value is -1.09. The summed E-state index contributed by atoms with van der Waals surface area (Å²) in [5.41, 5.74) is -0.772. The molecule has 2 rings (SSSR count). The number of amides is 1. The standard InChI is InChI=1S/C14H19BrF3N3O2/c1-7(10-5-4-6-23-10)19-13(22)9(3)21-8(2)11(15)12(20-21)14(16,17)18/h7,9-10H,4-6H2,1-3H3,(H,19,22). The molecular formula is C14H19BrF3N3O2. The van der Waals surface area contributed by atoms with Gasteiger partial charge in [-0.15, -0.1) is 0 Å². The molecule has 1 saturated heterocycles. The van der Waals surface area contributed by atoms with Crippen LogP contribution in [0.5, 0.6) is 0 Å². The van der Waals surface area contributed by atoms with Crippen molar-refractivity contribution >= 4 is 21.8 Å². The van der Waals surface area contributed by atoms with E-state index >= 15 is 0 Å². The molecule has 130 valence electrons. The van der Waals surface area contributed by atoms with Gasteiger partial charge in [-0.25, -0.2) is 0 Å². The first-order chi connectivity index (χ1) is 10.6. The van der Waals surface area contributed by atoms with Crippen molar-refractivity contribution in [2.24, 2.45) is 0 Å². The van der Waals surface area contributed by atoms with Gasteiger partial charge in [-0.1, -0.05) is 0 Å². The molecule has 1 fully saturated rings. The molecule has 2 heterocycles. The third kappa shape index (κ3) is 3.88. The van der Waals surface area contributed by atoms with E-state index in [2.05, 4.69) is 26.3 Å². The first-order valence-corrected chi connectivity index (χ1v) is 8.16. The monoisotopic (exact) mass is 397 g/mol. The molecule has 1 aliphatic rings. The number of alkyl halides is 3. The molecule has 3 atom stereocenters. The Labute approximate surface area is 140 Å². The van der Waals surface area contributed by atoms with Crippen LogP contribution in [0.15, 0.2) is 4.47 Å². The number of hydrogen-bond acceptors (Lipinski definition) is 3. The molecule has 1 N–H and O–H groups in total. The van der Waals surface area contributed by atoms with Gasteiger partial charge in [-0.2, -0.15) is 18.3 Å². The summed E-state index contributed by atoms with van der Waals surface area (Å²) in [5.74, 6) is -0.389. The van der Waals surface area contributed by atoms with Crippen LogP contribution < -0.4 is 5.32 Å². The predicted octanol–water partition coefficient (Wildman–Crippen LogP) is 3.22. The highest BCUT2D eigenvalue weighted by Crippen LogP contribution is 2.36. The number of carbonyl (C=O) groups excluding carboxylic acids is 1. The zero-order valence-corrected chi connectivity index (χ0v) is 14.7. The van der Waals surface area contributed by atoms with E-state index in [1.165, 1.54) is 13.8 Å². The van der Waals surface area contributed by atoms with Crippen molar-refractivity contribution in [3.63, 3.8) is 0 Å². The number of halogens is 4. The Morgan fingerprint density at radius 2 is 2.13 bits per heavy atom. The maximum absolute atomic E-state index is 12.9.